The normalized spacial score (nSPS) is 12.6. The van der Waals surface area contributed by atoms with Gasteiger partial charge < -0.3 is 15.2 Å². The van der Waals surface area contributed by atoms with Crippen LogP contribution in [0.1, 0.15) is 38.1 Å². The zero-order valence-electron chi connectivity index (χ0n) is 15.7. The van der Waals surface area contributed by atoms with Gasteiger partial charge in [-0.05, 0) is 26.3 Å². The van der Waals surface area contributed by atoms with Crippen molar-refractivity contribution in [2.24, 2.45) is 0 Å². The van der Waals surface area contributed by atoms with E-state index in [9.17, 15) is 9.90 Å². The molecular weight excluding hydrogens is 346 g/mol. The molecule has 0 aliphatic heterocycles. The Bertz CT molecular complexity index is 947. The van der Waals surface area contributed by atoms with E-state index in [-0.39, 0.29) is 6.04 Å². The van der Waals surface area contributed by atoms with Crippen molar-refractivity contribution in [3.8, 4) is 5.88 Å². The molecular formula is C19H23N5O3. The third-order valence-corrected chi connectivity index (χ3v) is 4.17. The van der Waals surface area contributed by atoms with Gasteiger partial charge in [-0.3, -0.25) is 10.4 Å². The van der Waals surface area contributed by atoms with Crippen LogP contribution in [0, 0.1) is 0 Å². The molecule has 8 heteroatoms. The number of carbonyl (C=O) groups is 1. The number of H-pyrrole nitrogens is 1. The molecule has 3 rings (SSSR count). The van der Waals surface area contributed by atoms with Crippen molar-refractivity contribution in [2.75, 3.05) is 12.4 Å². The smallest absolute Gasteiger partial charge is 0.320 e. The third-order valence-electron chi connectivity index (χ3n) is 4.17. The Labute approximate surface area is 157 Å². The number of fused-ring (bicyclic) bond motifs is 1. The lowest BCUT2D eigenvalue weighted by molar-refractivity contribution is 0.0756. The number of carbonyl (C=O) groups excluding carboxylic acids is 1. The van der Waals surface area contributed by atoms with E-state index in [1.807, 2.05) is 37.3 Å². The Hall–Kier alpha value is -3.13. The predicted octanol–water partition coefficient (Wildman–Crippen LogP) is 3.08. The number of nitrogens with zero attached hydrogens (tertiary/aromatic N) is 2. The quantitative estimate of drug-likeness (QED) is 0.552. The Morgan fingerprint density at radius 2 is 2.00 bits per heavy atom. The Morgan fingerprint density at radius 3 is 2.63 bits per heavy atom. The lowest BCUT2D eigenvalue weighted by Crippen LogP contribution is -2.31. The van der Waals surface area contributed by atoms with Crippen molar-refractivity contribution in [1.29, 1.82) is 0 Å². The number of benzene rings is 1. The van der Waals surface area contributed by atoms with E-state index >= 15 is 0 Å². The minimum atomic E-state index is -1.25. The molecule has 27 heavy (non-hydrogen) atoms. The van der Waals surface area contributed by atoms with Crippen LogP contribution in [0.4, 0.5) is 10.6 Å². The van der Waals surface area contributed by atoms with Crippen LogP contribution in [0.15, 0.2) is 36.4 Å². The van der Waals surface area contributed by atoms with E-state index in [0.29, 0.717) is 28.3 Å². The van der Waals surface area contributed by atoms with Gasteiger partial charge in [-0.1, -0.05) is 30.3 Å². The number of nitrogens with one attached hydrogen (secondary N) is 3. The SMILES string of the molecule is COc1n[nH]c2cc(NC(=O)NC(C)c3ccccc3)nc(C(C)(C)O)c12. The van der Waals surface area contributed by atoms with Crippen LogP contribution < -0.4 is 15.4 Å². The topological polar surface area (TPSA) is 112 Å². The molecule has 2 heterocycles. The highest BCUT2D eigenvalue weighted by atomic mass is 16.5. The Morgan fingerprint density at radius 1 is 1.30 bits per heavy atom. The van der Waals surface area contributed by atoms with Crippen LogP contribution >= 0.6 is 0 Å². The Kier molecular flexibility index (Phi) is 5.00. The van der Waals surface area contributed by atoms with E-state index in [0.717, 1.165) is 5.56 Å². The number of hydrogen-bond acceptors (Lipinski definition) is 5. The number of ether oxygens (including phenoxy) is 1. The van der Waals surface area contributed by atoms with Crippen LogP contribution in [-0.2, 0) is 5.60 Å². The standard InChI is InChI=1S/C19H23N5O3/c1-11(12-8-6-5-7-9-12)20-18(25)22-14-10-13-15(17(27-4)24-23-13)16(21-14)19(2,3)26/h5-11,26H,1-4H3,(H,23,24)(H2,20,21,22,25). The van der Waals surface area contributed by atoms with Crippen molar-refractivity contribution < 1.29 is 14.6 Å². The van der Waals surface area contributed by atoms with Crippen molar-refractivity contribution in [3.63, 3.8) is 0 Å². The molecule has 0 spiro atoms. The largest absolute Gasteiger partial charge is 0.479 e. The monoisotopic (exact) mass is 369 g/mol. The maximum Gasteiger partial charge on any atom is 0.320 e. The number of aliphatic hydroxyl groups is 1. The first kappa shape index (κ1) is 18.7. The highest BCUT2D eigenvalue weighted by molar-refractivity contribution is 5.93. The first-order valence-corrected chi connectivity index (χ1v) is 8.58. The minimum absolute atomic E-state index is 0.170. The lowest BCUT2D eigenvalue weighted by Gasteiger charge is -2.19. The maximum absolute atomic E-state index is 12.4. The van der Waals surface area contributed by atoms with Gasteiger partial charge in [0.1, 0.15) is 11.4 Å². The van der Waals surface area contributed by atoms with Gasteiger partial charge in [-0.2, -0.15) is 0 Å². The van der Waals surface area contributed by atoms with E-state index in [1.165, 1.54) is 7.11 Å². The zero-order valence-corrected chi connectivity index (χ0v) is 15.7. The number of methoxy groups -OCH3 is 1. The fourth-order valence-corrected chi connectivity index (χ4v) is 2.85. The molecule has 2 aromatic heterocycles. The fourth-order valence-electron chi connectivity index (χ4n) is 2.85. The summed E-state index contributed by atoms with van der Waals surface area (Å²) in [7, 11) is 1.49. The first-order valence-electron chi connectivity index (χ1n) is 8.58. The van der Waals surface area contributed by atoms with E-state index < -0.39 is 11.6 Å². The number of rotatable bonds is 5. The first-order chi connectivity index (χ1) is 12.8. The third kappa shape index (κ3) is 4.01. The molecule has 0 radical (unpaired) electrons. The molecule has 0 saturated heterocycles. The molecule has 1 unspecified atom stereocenters. The summed E-state index contributed by atoms with van der Waals surface area (Å²) in [6, 6.07) is 10.7. The van der Waals surface area contributed by atoms with Crippen molar-refractivity contribution >= 4 is 22.8 Å². The van der Waals surface area contributed by atoms with Gasteiger partial charge in [0.15, 0.2) is 0 Å². The molecule has 0 aliphatic carbocycles. The van der Waals surface area contributed by atoms with Gasteiger partial charge in [0.2, 0.25) is 5.88 Å². The maximum atomic E-state index is 12.4. The van der Waals surface area contributed by atoms with E-state index in [2.05, 4.69) is 25.8 Å². The molecule has 4 N–H and O–H groups in total. The molecule has 1 atom stereocenters. The minimum Gasteiger partial charge on any atom is -0.479 e. The number of urea groups is 1. The number of amides is 2. The summed E-state index contributed by atoms with van der Waals surface area (Å²) in [5.74, 6) is 0.631. The second-order valence-electron chi connectivity index (χ2n) is 6.80. The average molecular weight is 369 g/mol. The van der Waals surface area contributed by atoms with Gasteiger partial charge in [-0.25, -0.2) is 9.78 Å². The summed E-state index contributed by atoms with van der Waals surface area (Å²) in [4.78, 5) is 16.8. The zero-order chi connectivity index (χ0) is 19.6. The van der Waals surface area contributed by atoms with Gasteiger partial charge >= 0.3 is 6.03 Å². The van der Waals surface area contributed by atoms with Gasteiger partial charge in [0.05, 0.1) is 29.7 Å². The summed E-state index contributed by atoms with van der Waals surface area (Å²) >= 11 is 0. The highest BCUT2D eigenvalue weighted by Crippen LogP contribution is 2.33. The molecule has 0 saturated carbocycles. The van der Waals surface area contributed by atoms with Crippen LogP contribution in [0.3, 0.4) is 0 Å². The lowest BCUT2D eigenvalue weighted by atomic mass is 10.0. The summed E-state index contributed by atoms with van der Waals surface area (Å²) in [5, 5.41) is 23.5. The molecule has 8 nitrogen and oxygen atoms in total. The van der Waals surface area contributed by atoms with Crippen LogP contribution in [-0.4, -0.2) is 33.4 Å². The van der Waals surface area contributed by atoms with Gasteiger partial charge in [0.25, 0.3) is 0 Å². The number of anilines is 1. The summed E-state index contributed by atoms with van der Waals surface area (Å²) < 4.78 is 5.23. The van der Waals surface area contributed by atoms with E-state index in [4.69, 9.17) is 4.74 Å². The number of aromatic amines is 1. The second-order valence-corrected chi connectivity index (χ2v) is 6.80. The van der Waals surface area contributed by atoms with Crippen molar-refractivity contribution in [3.05, 3.63) is 47.7 Å². The predicted molar refractivity (Wildman–Crippen MR) is 103 cm³/mol. The number of hydrogen-bond donors (Lipinski definition) is 4. The molecule has 142 valence electrons. The second kappa shape index (κ2) is 7.24. The Balaban J connectivity index is 1.85. The molecule has 2 amide bonds. The molecule has 0 fully saturated rings. The highest BCUT2D eigenvalue weighted by Gasteiger charge is 2.26. The van der Waals surface area contributed by atoms with Crippen molar-refractivity contribution in [1.82, 2.24) is 20.5 Å². The van der Waals surface area contributed by atoms with Crippen LogP contribution in [0.2, 0.25) is 0 Å². The summed E-state index contributed by atoms with van der Waals surface area (Å²) in [6.45, 7) is 5.12. The van der Waals surface area contributed by atoms with Gasteiger partial charge in [0, 0.05) is 6.07 Å². The van der Waals surface area contributed by atoms with Crippen LogP contribution in [0.5, 0.6) is 5.88 Å². The fraction of sp³-hybridized carbons (Fsp3) is 0.316. The summed E-state index contributed by atoms with van der Waals surface area (Å²) in [5.41, 5.74) is 0.704. The summed E-state index contributed by atoms with van der Waals surface area (Å²) in [6.07, 6.45) is 0. The van der Waals surface area contributed by atoms with Gasteiger partial charge in [-0.15, -0.1) is 5.10 Å². The van der Waals surface area contributed by atoms with Crippen molar-refractivity contribution in [2.45, 2.75) is 32.4 Å². The number of pyridine rings is 1. The molecule has 1 aromatic carbocycles. The van der Waals surface area contributed by atoms with Crippen LogP contribution in [0.25, 0.3) is 10.9 Å². The molecule has 0 aliphatic rings. The van der Waals surface area contributed by atoms with E-state index in [1.54, 1.807) is 19.9 Å². The average Bonchev–Trinajstić information content (AvgIpc) is 3.03. The number of aromatic nitrogens is 3. The molecule has 0 bridgehead atoms. The molecule has 3 aromatic rings.